The van der Waals surface area contributed by atoms with Crippen LogP contribution >= 0.6 is 0 Å². The maximum atomic E-state index is 13.4. The first-order chi connectivity index (χ1) is 8.49. The lowest BCUT2D eigenvalue weighted by Gasteiger charge is -2.13. The lowest BCUT2D eigenvalue weighted by atomic mass is 10.1. The number of esters is 1. The summed E-state index contributed by atoms with van der Waals surface area (Å²) in [5, 5.41) is 0. The molecule has 0 aliphatic rings. The third kappa shape index (κ3) is 3.45. The van der Waals surface area contributed by atoms with Gasteiger partial charge in [-0.3, -0.25) is 0 Å². The summed E-state index contributed by atoms with van der Waals surface area (Å²) in [5.41, 5.74) is 6.41. The minimum atomic E-state index is -0.521. The van der Waals surface area contributed by atoms with Gasteiger partial charge in [-0.15, -0.1) is 0 Å². The number of anilines is 1. The van der Waals surface area contributed by atoms with Gasteiger partial charge < -0.3 is 10.5 Å². The van der Waals surface area contributed by atoms with Gasteiger partial charge >= 0.3 is 5.97 Å². The molecule has 0 atom stereocenters. The number of halogens is 1. The van der Waals surface area contributed by atoms with Crippen molar-refractivity contribution in [1.82, 2.24) is 0 Å². The lowest BCUT2D eigenvalue weighted by molar-refractivity contribution is 0.0432. The number of carbonyl (C=O) groups excluding carboxylic acids is 1. The minimum absolute atomic E-state index is 0.168. The van der Waals surface area contributed by atoms with E-state index in [9.17, 15) is 9.18 Å². The number of ether oxygens (including phenoxy) is 1. The van der Waals surface area contributed by atoms with Crippen LogP contribution in [0.1, 0.15) is 42.6 Å². The Labute approximate surface area is 107 Å². The Balaban J connectivity index is 2.73. The number of rotatable bonds is 5. The van der Waals surface area contributed by atoms with E-state index in [1.54, 1.807) is 6.92 Å². The number of hydrogen-bond acceptors (Lipinski definition) is 3. The Morgan fingerprint density at radius 1 is 1.39 bits per heavy atom. The van der Waals surface area contributed by atoms with Crippen LogP contribution in [0.15, 0.2) is 12.1 Å². The SMILES string of the molecule is CCC(CC)COC(=O)c1cc(N)c(C)c(F)c1. The highest BCUT2D eigenvalue weighted by Crippen LogP contribution is 2.18. The van der Waals surface area contributed by atoms with E-state index >= 15 is 0 Å². The first-order valence-corrected chi connectivity index (χ1v) is 6.22. The maximum Gasteiger partial charge on any atom is 0.338 e. The standard InChI is InChI=1S/C14H20FNO2/c1-4-10(5-2)8-18-14(17)11-6-12(15)9(3)13(16)7-11/h6-7,10H,4-5,8,16H2,1-3H3. The highest BCUT2D eigenvalue weighted by Gasteiger charge is 2.14. The topological polar surface area (TPSA) is 52.3 Å². The molecule has 0 amide bonds. The van der Waals surface area contributed by atoms with Gasteiger partial charge in [0, 0.05) is 11.3 Å². The highest BCUT2D eigenvalue weighted by atomic mass is 19.1. The van der Waals surface area contributed by atoms with Gasteiger partial charge in [0.05, 0.1) is 12.2 Å². The van der Waals surface area contributed by atoms with Crippen LogP contribution in [0.2, 0.25) is 0 Å². The Bertz CT molecular complexity index is 405. The van der Waals surface area contributed by atoms with Crippen LogP contribution in [-0.2, 0) is 4.74 Å². The molecule has 0 aliphatic carbocycles. The molecule has 1 aromatic rings. The van der Waals surface area contributed by atoms with Crippen LogP contribution in [0.3, 0.4) is 0 Å². The molecule has 0 bridgehead atoms. The molecule has 0 aliphatic heterocycles. The summed E-state index contributed by atoms with van der Waals surface area (Å²) in [6.45, 7) is 6.03. The molecule has 0 radical (unpaired) electrons. The number of benzene rings is 1. The number of carbonyl (C=O) groups is 1. The van der Waals surface area contributed by atoms with Gasteiger partial charge in [-0.2, -0.15) is 0 Å². The van der Waals surface area contributed by atoms with Gasteiger partial charge in [0.25, 0.3) is 0 Å². The third-order valence-electron chi connectivity index (χ3n) is 3.23. The summed E-state index contributed by atoms with van der Waals surface area (Å²) in [4.78, 5) is 11.8. The molecule has 3 nitrogen and oxygen atoms in total. The van der Waals surface area contributed by atoms with Crippen LogP contribution in [0.25, 0.3) is 0 Å². The van der Waals surface area contributed by atoms with Crippen molar-refractivity contribution in [2.75, 3.05) is 12.3 Å². The van der Waals surface area contributed by atoms with Crippen molar-refractivity contribution < 1.29 is 13.9 Å². The molecule has 0 fully saturated rings. The molecule has 2 N–H and O–H groups in total. The van der Waals surface area contributed by atoms with E-state index in [-0.39, 0.29) is 11.3 Å². The molecule has 100 valence electrons. The summed E-state index contributed by atoms with van der Waals surface area (Å²) in [6.07, 6.45) is 1.91. The van der Waals surface area contributed by atoms with Gasteiger partial charge in [-0.1, -0.05) is 26.7 Å². The Morgan fingerprint density at radius 2 is 2.00 bits per heavy atom. The first-order valence-electron chi connectivity index (χ1n) is 6.22. The summed E-state index contributed by atoms with van der Waals surface area (Å²) >= 11 is 0. The molecule has 4 heteroatoms. The lowest BCUT2D eigenvalue weighted by Crippen LogP contribution is -2.14. The number of hydrogen-bond donors (Lipinski definition) is 1. The average Bonchev–Trinajstić information content (AvgIpc) is 2.36. The van der Waals surface area contributed by atoms with Crippen molar-refractivity contribution in [3.63, 3.8) is 0 Å². The van der Waals surface area contributed by atoms with Gasteiger partial charge in [0.15, 0.2) is 0 Å². The predicted molar refractivity (Wildman–Crippen MR) is 69.9 cm³/mol. The van der Waals surface area contributed by atoms with Crippen LogP contribution in [0.4, 0.5) is 10.1 Å². The van der Waals surface area contributed by atoms with Gasteiger partial charge in [-0.05, 0) is 25.0 Å². The fourth-order valence-corrected chi connectivity index (χ4v) is 1.62. The van der Waals surface area contributed by atoms with Crippen molar-refractivity contribution >= 4 is 11.7 Å². The molecule has 18 heavy (non-hydrogen) atoms. The van der Waals surface area contributed by atoms with E-state index in [1.165, 1.54) is 12.1 Å². The van der Waals surface area contributed by atoms with E-state index < -0.39 is 11.8 Å². The summed E-state index contributed by atoms with van der Waals surface area (Å²) in [5.74, 6) is -0.654. The summed E-state index contributed by atoms with van der Waals surface area (Å²) < 4.78 is 18.6. The molecular weight excluding hydrogens is 233 g/mol. The van der Waals surface area contributed by atoms with Gasteiger partial charge in [0.1, 0.15) is 5.82 Å². The molecule has 0 saturated carbocycles. The molecule has 1 aromatic carbocycles. The van der Waals surface area contributed by atoms with E-state index in [2.05, 4.69) is 0 Å². The Hall–Kier alpha value is -1.58. The van der Waals surface area contributed by atoms with E-state index in [0.29, 0.717) is 18.1 Å². The third-order valence-corrected chi connectivity index (χ3v) is 3.23. The summed E-state index contributed by atoms with van der Waals surface area (Å²) in [6, 6.07) is 2.62. The average molecular weight is 253 g/mol. The second-order valence-corrected chi connectivity index (χ2v) is 4.45. The minimum Gasteiger partial charge on any atom is -0.462 e. The van der Waals surface area contributed by atoms with Crippen molar-refractivity contribution in [1.29, 1.82) is 0 Å². The quantitative estimate of drug-likeness (QED) is 0.647. The van der Waals surface area contributed by atoms with Gasteiger partial charge in [0.2, 0.25) is 0 Å². The first kappa shape index (κ1) is 14.5. The van der Waals surface area contributed by atoms with Crippen molar-refractivity contribution in [2.45, 2.75) is 33.6 Å². The second kappa shape index (κ2) is 6.38. The monoisotopic (exact) mass is 253 g/mol. The Morgan fingerprint density at radius 3 is 2.50 bits per heavy atom. The second-order valence-electron chi connectivity index (χ2n) is 4.45. The zero-order chi connectivity index (χ0) is 13.7. The molecule has 0 heterocycles. The smallest absolute Gasteiger partial charge is 0.338 e. The van der Waals surface area contributed by atoms with Crippen LogP contribution in [-0.4, -0.2) is 12.6 Å². The largest absolute Gasteiger partial charge is 0.462 e. The Kier molecular flexibility index (Phi) is 5.13. The number of nitrogens with two attached hydrogens (primary N) is 1. The molecule has 0 saturated heterocycles. The molecule has 1 rings (SSSR count). The maximum absolute atomic E-state index is 13.4. The molecule has 0 aromatic heterocycles. The zero-order valence-corrected chi connectivity index (χ0v) is 11.1. The van der Waals surface area contributed by atoms with E-state index in [4.69, 9.17) is 10.5 Å². The summed E-state index contributed by atoms with van der Waals surface area (Å²) in [7, 11) is 0. The molecular formula is C14H20FNO2. The van der Waals surface area contributed by atoms with Crippen LogP contribution < -0.4 is 5.73 Å². The number of nitrogen functional groups attached to an aromatic ring is 1. The van der Waals surface area contributed by atoms with E-state index in [0.717, 1.165) is 12.8 Å². The predicted octanol–water partition coefficient (Wildman–Crippen LogP) is 3.31. The fourth-order valence-electron chi connectivity index (χ4n) is 1.62. The van der Waals surface area contributed by atoms with Crippen molar-refractivity contribution in [3.8, 4) is 0 Å². The molecule has 0 spiro atoms. The zero-order valence-electron chi connectivity index (χ0n) is 11.1. The fraction of sp³-hybridized carbons (Fsp3) is 0.500. The van der Waals surface area contributed by atoms with Crippen molar-refractivity contribution in [3.05, 3.63) is 29.1 Å². The normalized spacial score (nSPS) is 10.7. The van der Waals surface area contributed by atoms with Crippen LogP contribution in [0.5, 0.6) is 0 Å². The molecule has 0 unspecified atom stereocenters. The highest BCUT2D eigenvalue weighted by molar-refractivity contribution is 5.90. The van der Waals surface area contributed by atoms with E-state index in [1.807, 2.05) is 13.8 Å². The van der Waals surface area contributed by atoms with Crippen LogP contribution in [0, 0.1) is 18.7 Å². The van der Waals surface area contributed by atoms with Crippen molar-refractivity contribution in [2.24, 2.45) is 5.92 Å². The van der Waals surface area contributed by atoms with Gasteiger partial charge in [-0.25, -0.2) is 9.18 Å².